The predicted molar refractivity (Wildman–Crippen MR) is 220 cm³/mol. The van der Waals surface area contributed by atoms with E-state index in [2.05, 4.69) is 46.9 Å². The molecule has 0 unspecified atom stereocenters. The summed E-state index contributed by atoms with van der Waals surface area (Å²) in [6.45, 7) is 11.7. The molecule has 1 aromatic carbocycles. The SMILES string of the molecule is CC[C@@H](C)[C@@H](NC(=O)[C@@H](NC(=O)[C@H](CC(=O)O)NC(=O)[C@H](CC(C)C)NC(=O)[C@H](Cc1cnc[nH]1)NC(C)=O)[C@@H](C)CC)C(=O)N[C@@H](Cc1c[nH]c2ccccc12)C(=O)O. The third kappa shape index (κ3) is 14.2. The molecule has 0 spiro atoms. The van der Waals surface area contributed by atoms with Crippen LogP contribution in [0.5, 0.6) is 0 Å². The Balaban J connectivity index is 1.81. The van der Waals surface area contributed by atoms with Gasteiger partial charge in [-0.25, -0.2) is 9.78 Å². The lowest BCUT2D eigenvalue weighted by Gasteiger charge is -2.30. The van der Waals surface area contributed by atoms with E-state index in [0.29, 0.717) is 24.1 Å². The molecule has 0 saturated carbocycles. The smallest absolute Gasteiger partial charge is 0.326 e. The Kier molecular flexibility index (Phi) is 18.3. The Morgan fingerprint density at radius 3 is 1.77 bits per heavy atom. The van der Waals surface area contributed by atoms with Gasteiger partial charge >= 0.3 is 11.9 Å². The number of rotatable bonds is 24. The lowest BCUT2D eigenvalue weighted by molar-refractivity contribution is -0.142. The fourth-order valence-corrected chi connectivity index (χ4v) is 6.59. The van der Waals surface area contributed by atoms with Crippen molar-refractivity contribution in [1.82, 2.24) is 46.9 Å². The van der Waals surface area contributed by atoms with Gasteiger partial charge in [-0.2, -0.15) is 0 Å². The molecule has 19 nitrogen and oxygen atoms in total. The highest BCUT2D eigenvalue weighted by Crippen LogP contribution is 2.20. The number of H-pyrrole nitrogens is 2. The number of benzene rings is 1. The summed E-state index contributed by atoms with van der Waals surface area (Å²) in [6, 6.07) is -0.626. The zero-order chi connectivity index (χ0) is 44.7. The fraction of sp³-hybridized carbons (Fsp3) is 0.537. The van der Waals surface area contributed by atoms with E-state index in [1.807, 2.05) is 24.3 Å². The first-order valence-electron chi connectivity index (χ1n) is 20.1. The molecular formula is C41H59N9O10. The number of nitrogens with zero attached hydrogens (tertiary/aromatic N) is 1. The zero-order valence-corrected chi connectivity index (χ0v) is 35.1. The first-order valence-corrected chi connectivity index (χ1v) is 20.1. The number of para-hydroxylation sites is 1. The Morgan fingerprint density at radius 1 is 0.667 bits per heavy atom. The highest BCUT2D eigenvalue weighted by Gasteiger charge is 2.37. The number of carboxylic acids is 2. The van der Waals surface area contributed by atoms with Gasteiger partial charge in [-0.15, -0.1) is 0 Å². The van der Waals surface area contributed by atoms with Crippen molar-refractivity contribution in [2.24, 2.45) is 17.8 Å². The monoisotopic (exact) mass is 837 g/mol. The highest BCUT2D eigenvalue weighted by atomic mass is 16.4. The van der Waals surface area contributed by atoms with Gasteiger partial charge in [0.2, 0.25) is 35.4 Å². The van der Waals surface area contributed by atoms with Crippen LogP contribution in [0.1, 0.15) is 85.4 Å². The fourth-order valence-electron chi connectivity index (χ4n) is 6.59. The molecule has 60 heavy (non-hydrogen) atoms. The second-order valence-electron chi connectivity index (χ2n) is 15.6. The molecule has 3 aromatic rings. The number of aromatic nitrogens is 3. The van der Waals surface area contributed by atoms with Gasteiger partial charge in [0.15, 0.2) is 0 Å². The summed E-state index contributed by atoms with van der Waals surface area (Å²) in [6.07, 6.45) is 4.50. The zero-order valence-electron chi connectivity index (χ0n) is 35.1. The molecule has 8 atom stereocenters. The van der Waals surface area contributed by atoms with E-state index < -0.39 is 102 Å². The molecule has 328 valence electrons. The predicted octanol–water partition coefficient (Wildman–Crippen LogP) is 1.30. The standard InChI is InChI=1S/C41H59N9O10/c1-8-22(5)34(39(57)48-32(41(59)60)15-25-18-43-28-13-11-10-12-27(25)28)50-40(58)35(23(6)9-2)49-38(56)31(17-33(52)53)47-36(54)29(14-21(3)4)46-37(55)30(45-24(7)51)16-26-19-42-20-44-26/h10-13,18-23,29-32,34-35,43H,8-9,14-17H2,1-7H3,(H,42,44)(H,45,51)(H,46,55)(H,47,54)(H,48,57)(H,49,56)(H,50,58)(H,52,53)(H,59,60)/t22-,23+,29+,30+,31+,32+,34-,35+/m1/s1. The molecule has 0 aliphatic rings. The van der Waals surface area contributed by atoms with Crippen LogP contribution in [0.3, 0.4) is 0 Å². The summed E-state index contributed by atoms with van der Waals surface area (Å²) >= 11 is 0. The molecule has 10 N–H and O–H groups in total. The van der Waals surface area contributed by atoms with Crippen LogP contribution < -0.4 is 31.9 Å². The number of aromatic amines is 2. The number of aliphatic carboxylic acids is 2. The van der Waals surface area contributed by atoms with Gasteiger partial charge in [0.25, 0.3) is 0 Å². The van der Waals surface area contributed by atoms with Crippen molar-refractivity contribution in [3.8, 4) is 0 Å². The van der Waals surface area contributed by atoms with Gasteiger partial charge < -0.3 is 52.1 Å². The molecule has 19 heteroatoms. The van der Waals surface area contributed by atoms with Crippen LogP contribution in [0.25, 0.3) is 10.9 Å². The number of hydrogen-bond donors (Lipinski definition) is 10. The second-order valence-corrected chi connectivity index (χ2v) is 15.6. The van der Waals surface area contributed by atoms with Gasteiger partial charge in [0, 0.05) is 48.8 Å². The van der Waals surface area contributed by atoms with Crippen molar-refractivity contribution >= 4 is 58.3 Å². The van der Waals surface area contributed by atoms with Crippen molar-refractivity contribution in [2.45, 2.75) is 123 Å². The van der Waals surface area contributed by atoms with Crippen LogP contribution in [0.15, 0.2) is 43.0 Å². The minimum absolute atomic E-state index is 0.0231. The molecule has 0 radical (unpaired) electrons. The Morgan fingerprint density at radius 2 is 1.22 bits per heavy atom. The van der Waals surface area contributed by atoms with E-state index in [1.165, 1.54) is 19.4 Å². The van der Waals surface area contributed by atoms with Crippen molar-refractivity contribution in [1.29, 1.82) is 0 Å². The van der Waals surface area contributed by atoms with Gasteiger partial charge in [-0.05, 0) is 35.8 Å². The Bertz CT molecular complexity index is 1960. The molecule has 0 aliphatic carbocycles. The number of nitrogens with one attached hydrogen (secondary N) is 8. The maximum atomic E-state index is 14.0. The van der Waals surface area contributed by atoms with Gasteiger partial charge in [0.1, 0.15) is 36.3 Å². The molecule has 0 bridgehead atoms. The van der Waals surface area contributed by atoms with Crippen LogP contribution in [-0.4, -0.2) is 109 Å². The lowest BCUT2D eigenvalue weighted by atomic mass is 9.94. The minimum Gasteiger partial charge on any atom is -0.481 e. The first-order chi connectivity index (χ1) is 28.3. The minimum atomic E-state index is -1.70. The number of amides is 6. The average molecular weight is 838 g/mol. The third-order valence-electron chi connectivity index (χ3n) is 10.3. The van der Waals surface area contributed by atoms with E-state index in [-0.39, 0.29) is 25.2 Å². The maximum absolute atomic E-state index is 14.0. The summed E-state index contributed by atoms with van der Waals surface area (Å²) in [5.74, 6) is -8.55. The topological polar surface area (TPSA) is 294 Å². The molecule has 0 fully saturated rings. The molecule has 0 saturated heterocycles. The second kappa shape index (κ2) is 22.8. The quantitative estimate of drug-likeness (QED) is 0.0614. The Labute approximate surface area is 348 Å². The molecule has 6 amide bonds. The summed E-state index contributed by atoms with van der Waals surface area (Å²) in [5, 5.41) is 36.0. The van der Waals surface area contributed by atoms with Gasteiger partial charge in [0.05, 0.1) is 12.7 Å². The van der Waals surface area contributed by atoms with E-state index in [1.54, 1.807) is 47.7 Å². The van der Waals surface area contributed by atoms with Crippen LogP contribution >= 0.6 is 0 Å². The number of carbonyl (C=O) groups excluding carboxylic acids is 6. The maximum Gasteiger partial charge on any atom is 0.326 e. The van der Waals surface area contributed by atoms with Crippen LogP contribution in [0.2, 0.25) is 0 Å². The summed E-state index contributed by atoms with van der Waals surface area (Å²) in [5.41, 5.74) is 2.00. The van der Waals surface area contributed by atoms with Crippen molar-refractivity contribution in [2.75, 3.05) is 0 Å². The van der Waals surface area contributed by atoms with E-state index in [9.17, 15) is 48.6 Å². The molecule has 3 rings (SSSR count). The number of carbonyl (C=O) groups is 8. The van der Waals surface area contributed by atoms with Crippen molar-refractivity contribution < 1.29 is 48.6 Å². The van der Waals surface area contributed by atoms with E-state index in [4.69, 9.17) is 0 Å². The number of imidazole rings is 1. The third-order valence-corrected chi connectivity index (χ3v) is 10.3. The van der Waals surface area contributed by atoms with Crippen LogP contribution in [0, 0.1) is 17.8 Å². The summed E-state index contributed by atoms with van der Waals surface area (Å²) in [4.78, 5) is 115. The van der Waals surface area contributed by atoms with E-state index in [0.717, 1.165) is 10.9 Å². The Hall–Kier alpha value is -6.27. The number of hydrogen-bond acceptors (Lipinski definition) is 9. The normalized spacial score (nSPS) is 15.3. The summed E-state index contributed by atoms with van der Waals surface area (Å²) < 4.78 is 0. The van der Waals surface area contributed by atoms with Crippen LogP contribution in [-0.2, 0) is 51.2 Å². The molecule has 2 aromatic heterocycles. The number of fused-ring (bicyclic) bond motifs is 1. The van der Waals surface area contributed by atoms with Gasteiger partial charge in [-0.1, -0.05) is 72.6 Å². The van der Waals surface area contributed by atoms with Crippen LogP contribution in [0.4, 0.5) is 0 Å². The van der Waals surface area contributed by atoms with Crippen molar-refractivity contribution in [3.05, 3.63) is 54.2 Å². The van der Waals surface area contributed by atoms with E-state index >= 15 is 0 Å². The average Bonchev–Trinajstić information content (AvgIpc) is 3.86. The van der Waals surface area contributed by atoms with Crippen molar-refractivity contribution in [3.63, 3.8) is 0 Å². The molecule has 2 heterocycles. The first kappa shape index (κ1) is 48.1. The largest absolute Gasteiger partial charge is 0.481 e. The molecule has 0 aliphatic heterocycles. The number of carboxylic acid groups (broad SMARTS) is 2. The highest BCUT2D eigenvalue weighted by molar-refractivity contribution is 5.98. The lowest BCUT2D eigenvalue weighted by Crippen LogP contribution is -2.61. The van der Waals surface area contributed by atoms with Gasteiger partial charge in [-0.3, -0.25) is 33.6 Å². The summed E-state index contributed by atoms with van der Waals surface area (Å²) in [7, 11) is 0. The molecular weight excluding hydrogens is 779 g/mol.